The molecule has 10 nitrogen and oxygen atoms in total. The molecule has 1 aliphatic heterocycles. The van der Waals surface area contributed by atoms with Crippen LogP contribution in [0.2, 0.25) is 0 Å². The largest absolute Gasteiger partial charge is 0.385 e. The second-order valence-corrected chi connectivity index (χ2v) is 12.5. The van der Waals surface area contributed by atoms with Crippen molar-refractivity contribution in [2.24, 2.45) is 0 Å². The zero-order chi connectivity index (χ0) is 30.4. The van der Waals surface area contributed by atoms with Gasteiger partial charge in [-0.05, 0) is 74.2 Å². The van der Waals surface area contributed by atoms with E-state index in [0.29, 0.717) is 24.3 Å². The van der Waals surface area contributed by atoms with E-state index in [1.807, 2.05) is 77.2 Å². The topological polar surface area (TPSA) is 142 Å². The summed E-state index contributed by atoms with van der Waals surface area (Å²) in [5.74, 6) is 0.0354. The van der Waals surface area contributed by atoms with E-state index in [9.17, 15) is 9.90 Å². The highest BCUT2D eigenvalue weighted by Gasteiger charge is 2.31. The van der Waals surface area contributed by atoms with Crippen molar-refractivity contribution in [3.05, 3.63) is 83.1 Å². The number of aromatic nitrogens is 5. The third-order valence-electron chi connectivity index (χ3n) is 8.26. The first-order valence-corrected chi connectivity index (χ1v) is 14.7. The summed E-state index contributed by atoms with van der Waals surface area (Å²) < 4.78 is 5.20. The van der Waals surface area contributed by atoms with Gasteiger partial charge in [0.25, 0.3) is 0 Å². The molecule has 6 rings (SSSR count). The Morgan fingerprint density at radius 3 is 2.41 bits per heavy atom. The van der Waals surface area contributed by atoms with Crippen LogP contribution in [0.15, 0.2) is 59.3 Å². The molecule has 4 N–H and O–H groups in total. The van der Waals surface area contributed by atoms with E-state index < -0.39 is 11.5 Å². The fraction of sp³-hybridized carbons (Fsp3) is 0.364. The predicted molar refractivity (Wildman–Crippen MR) is 172 cm³/mol. The van der Waals surface area contributed by atoms with Gasteiger partial charge in [0.15, 0.2) is 11.5 Å². The molecule has 5 aromatic rings. The summed E-state index contributed by atoms with van der Waals surface area (Å²) in [5, 5.41) is 29.8. The van der Waals surface area contributed by atoms with Crippen LogP contribution in [0.4, 0.5) is 0 Å². The summed E-state index contributed by atoms with van der Waals surface area (Å²) in [5.41, 5.74) is 6.32. The van der Waals surface area contributed by atoms with Crippen molar-refractivity contribution in [2.45, 2.75) is 64.5 Å². The average Bonchev–Trinajstić information content (AvgIpc) is 3.66. The van der Waals surface area contributed by atoms with Gasteiger partial charge in [0, 0.05) is 28.1 Å². The van der Waals surface area contributed by atoms with Gasteiger partial charge < -0.3 is 20.3 Å². The molecule has 2 aromatic carbocycles. The van der Waals surface area contributed by atoms with Gasteiger partial charge in [-0.2, -0.15) is 10.1 Å². The van der Waals surface area contributed by atoms with Crippen LogP contribution in [0.1, 0.15) is 79.8 Å². The van der Waals surface area contributed by atoms with Gasteiger partial charge in [-0.1, -0.05) is 62.3 Å². The van der Waals surface area contributed by atoms with Crippen LogP contribution in [-0.2, 0) is 11.0 Å². The fourth-order valence-electron chi connectivity index (χ4n) is 5.65. The number of aromatic amines is 1. The molecular weight excluding hydrogens is 578 g/mol. The lowest BCUT2D eigenvalue weighted by Gasteiger charge is -2.33. The minimum atomic E-state index is -0.781. The molecular formula is C33H38ClN7O3. The van der Waals surface area contributed by atoms with Crippen molar-refractivity contribution in [2.75, 3.05) is 13.1 Å². The lowest BCUT2D eigenvalue weighted by Crippen LogP contribution is -2.39. The number of pyridine rings is 1. The summed E-state index contributed by atoms with van der Waals surface area (Å²) in [6, 6.07) is 16.1. The molecule has 44 heavy (non-hydrogen) atoms. The number of hydrogen-bond donors (Lipinski definition) is 4. The molecule has 0 spiro atoms. The number of carbonyl (C=O) groups excluding carboxylic acids is 1. The highest BCUT2D eigenvalue weighted by molar-refractivity contribution is 5.93. The Kier molecular flexibility index (Phi) is 8.62. The molecule has 0 radical (unpaired) electrons. The molecule has 3 aromatic heterocycles. The molecule has 0 bridgehead atoms. The second kappa shape index (κ2) is 12.1. The number of halogens is 1. The Labute approximate surface area is 262 Å². The standard InChI is InChI=1S/C33H37N7O3.ClH/c1-19-16-22(8-11-25(19)20(2)36-29(41)30-37-31(40-43-30)32(3,4)5)27-26-17-23(18-35-28(26)39-38-27)21-6-9-24(10-7-21)33(42)12-14-34-15-13-33;/h6-11,16-18,20,34,42H,12-15H2,1-5H3,(H,36,41)(H,35,38,39);1H/t20-;/m1./s1. The van der Waals surface area contributed by atoms with Crippen molar-refractivity contribution in [3.8, 4) is 22.4 Å². The van der Waals surface area contributed by atoms with E-state index in [1.165, 1.54) is 0 Å². The predicted octanol–water partition coefficient (Wildman–Crippen LogP) is 5.76. The lowest BCUT2D eigenvalue weighted by molar-refractivity contribution is 0.00595. The van der Waals surface area contributed by atoms with Crippen LogP contribution in [0.3, 0.4) is 0 Å². The molecule has 1 amide bonds. The molecule has 1 atom stereocenters. The highest BCUT2D eigenvalue weighted by Crippen LogP contribution is 2.34. The number of amides is 1. The first kappa shape index (κ1) is 31.3. The Bertz CT molecular complexity index is 1780. The zero-order valence-corrected chi connectivity index (χ0v) is 26.4. The summed E-state index contributed by atoms with van der Waals surface area (Å²) in [4.78, 5) is 21.7. The van der Waals surface area contributed by atoms with Gasteiger partial charge in [0.2, 0.25) is 0 Å². The maximum absolute atomic E-state index is 12.8. The van der Waals surface area contributed by atoms with Gasteiger partial charge in [0.05, 0.1) is 17.3 Å². The molecule has 0 aliphatic carbocycles. The lowest BCUT2D eigenvalue weighted by atomic mass is 9.84. The fourth-order valence-corrected chi connectivity index (χ4v) is 5.65. The minimum absolute atomic E-state index is 0. The Morgan fingerprint density at radius 2 is 1.75 bits per heavy atom. The van der Waals surface area contributed by atoms with Crippen molar-refractivity contribution < 1.29 is 14.4 Å². The molecule has 0 saturated carbocycles. The number of H-pyrrole nitrogens is 1. The van der Waals surface area contributed by atoms with E-state index in [1.54, 1.807) is 0 Å². The number of benzene rings is 2. The number of carbonyl (C=O) groups is 1. The maximum Gasteiger partial charge on any atom is 0.315 e. The Morgan fingerprint density at radius 1 is 1.05 bits per heavy atom. The normalized spacial score (nSPS) is 15.5. The molecule has 1 saturated heterocycles. The van der Waals surface area contributed by atoms with E-state index in [0.717, 1.165) is 57.6 Å². The molecule has 4 heterocycles. The number of fused-ring (bicyclic) bond motifs is 1. The summed E-state index contributed by atoms with van der Waals surface area (Å²) in [6.45, 7) is 11.5. The third kappa shape index (κ3) is 6.10. The quantitative estimate of drug-likeness (QED) is 0.189. The SMILES string of the molecule is Cc1cc(-c2[nH]nc3ncc(-c4ccc(C5(O)CCNCC5)cc4)cc23)ccc1[C@@H](C)NC(=O)c1nc(C(C)(C)C)no1.Cl. The van der Waals surface area contributed by atoms with Crippen molar-refractivity contribution in [3.63, 3.8) is 0 Å². The first-order chi connectivity index (χ1) is 20.5. The van der Waals surface area contributed by atoms with Gasteiger partial charge in [-0.25, -0.2) is 4.98 Å². The monoisotopic (exact) mass is 615 g/mol. The van der Waals surface area contributed by atoms with Crippen LogP contribution in [0.5, 0.6) is 0 Å². The van der Waals surface area contributed by atoms with E-state index in [2.05, 4.69) is 48.1 Å². The minimum Gasteiger partial charge on any atom is -0.385 e. The number of aryl methyl sites for hydroxylation is 1. The van der Waals surface area contributed by atoms with Crippen molar-refractivity contribution >= 4 is 29.3 Å². The van der Waals surface area contributed by atoms with Crippen molar-refractivity contribution in [1.29, 1.82) is 0 Å². The van der Waals surface area contributed by atoms with Crippen LogP contribution < -0.4 is 10.6 Å². The number of hydrogen-bond acceptors (Lipinski definition) is 8. The molecule has 1 aliphatic rings. The number of aliphatic hydroxyl groups is 1. The van der Waals surface area contributed by atoms with Crippen LogP contribution in [0, 0.1) is 6.92 Å². The van der Waals surface area contributed by atoms with E-state index in [-0.39, 0.29) is 29.8 Å². The highest BCUT2D eigenvalue weighted by atomic mass is 35.5. The average molecular weight is 616 g/mol. The van der Waals surface area contributed by atoms with E-state index in [4.69, 9.17) is 4.52 Å². The second-order valence-electron chi connectivity index (χ2n) is 12.5. The smallest absolute Gasteiger partial charge is 0.315 e. The van der Waals surface area contributed by atoms with Gasteiger partial charge >= 0.3 is 11.8 Å². The summed E-state index contributed by atoms with van der Waals surface area (Å²) in [6.07, 6.45) is 3.24. The van der Waals surface area contributed by atoms with E-state index >= 15 is 0 Å². The zero-order valence-electron chi connectivity index (χ0n) is 25.6. The first-order valence-electron chi connectivity index (χ1n) is 14.7. The Hall–Kier alpha value is -4.12. The van der Waals surface area contributed by atoms with Gasteiger partial charge in [-0.15, -0.1) is 12.4 Å². The number of piperidine rings is 1. The van der Waals surface area contributed by atoms with Crippen molar-refractivity contribution in [1.82, 2.24) is 36.0 Å². The third-order valence-corrected chi connectivity index (χ3v) is 8.26. The van der Waals surface area contributed by atoms with Gasteiger partial charge in [0.1, 0.15) is 0 Å². The number of rotatable bonds is 6. The van der Waals surface area contributed by atoms with Crippen LogP contribution in [0.25, 0.3) is 33.4 Å². The maximum atomic E-state index is 12.8. The van der Waals surface area contributed by atoms with Crippen LogP contribution >= 0.6 is 12.4 Å². The number of nitrogens with zero attached hydrogens (tertiary/aromatic N) is 4. The molecule has 230 valence electrons. The van der Waals surface area contributed by atoms with Gasteiger partial charge in [-0.3, -0.25) is 9.89 Å². The molecule has 0 unspecified atom stereocenters. The summed E-state index contributed by atoms with van der Waals surface area (Å²) >= 11 is 0. The molecule has 1 fully saturated rings. The molecule has 11 heteroatoms. The van der Waals surface area contributed by atoms with Crippen LogP contribution in [-0.4, -0.2) is 49.4 Å². The number of nitrogens with one attached hydrogen (secondary N) is 3. The Balaban J connectivity index is 0.00000384. The summed E-state index contributed by atoms with van der Waals surface area (Å²) in [7, 11) is 0.